The van der Waals surface area contributed by atoms with Crippen LogP contribution in [-0.4, -0.2) is 42.2 Å². The number of aromatic nitrogens is 6. The number of piperidine rings is 1. The van der Waals surface area contributed by atoms with Gasteiger partial charge in [-0.25, -0.2) is 14.8 Å². The Labute approximate surface area is 246 Å². The van der Waals surface area contributed by atoms with Crippen LogP contribution in [0.3, 0.4) is 0 Å². The lowest BCUT2D eigenvalue weighted by Gasteiger charge is -2.41. The fraction of sp³-hybridized carbons (Fsp3) is 0.594. The molecule has 222 valence electrons. The molecule has 10 nitrogen and oxygen atoms in total. The molecule has 3 atom stereocenters. The molecule has 3 aromatic heterocycles. The van der Waals surface area contributed by atoms with E-state index in [0.29, 0.717) is 29.2 Å². The van der Waals surface area contributed by atoms with Gasteiger partial charge in [0.1, 0.15) is 5.52 Å². The molecule has 2 N–H and O–H groups in total. The molecule has 2 aliphatic carbocycles. The molecule has 1 aromatic carbocycles. The van der Waals surface area contributed by atoms with Gasteiger partial charge in [-0.15, -0.1) is 0 Å². The summed E-state index contributed by atoms with van der Waals surface area (Å²) in [7, 11) is 0. The molecule has 7 rings (SSSR count). The third-order valence-corrected chi connectivity index (χ3v) is 9.95. The average Bonchev–Trinajstić information content (AvgIpc) is 3.56. The van der Waals surface area contributed by atoms with E-state index >= 15 is 0 Å². The van der Waals surface area contributed by atoms with E-state index in [1.807, 2.05) is 0 Å². The number of anilines is 2. The van der Waals surface area contributed by atoms with Gasteiger partial charge in [-0.3, -0.25) is 9.51 Å². The monoisotopic (exact) mass is 570 g/mol. The second kappa shape index (κ2) is 11.5. The minimum absolute atomic E-state index is 0.221. The molecule has 0 bridgehead atoms. The molecule has 3 unspecified atom stereocenters. The minimum atomic E-state index is -0.623. The Balaban J connectivity index is 1.40. The standard InChI is InChI=1S/C32H42N8O2/c1-20-11-10-18-39(25(20)24-14-7-4-8-15-24)31-36-28-26(40(31)19-22-12-5-3-6-13-22)27(33-21(2)23-16-9-17-23)34-29(35-28)30-37-32(41)42-38-30/h4,7-8,14-15,20-23,25H,3,5-6,9-13,16-19H2,1-2H3,(H,33,34,35)(H,37,38,41). The predicted molar refractivity (Wildman–Crippen MR) is 163 cm³/mol. The third kappa shape index (κ3) is 5.20. The van der Waals surface area contributed by atoms with Crippen molar-refractivity contribution >= 4 is 22.9 Å². The van der Waals surface area contributed by atoms with Crippen LogP contribution in [0.15, 0.2) is 39.6 Å². The van der Waals surface area contributed by atoms with Crippen LogP contribution in [0, 0.1) is 17.8 Å². The molecule has 3 fully saturated rings. The minimum Gasteiger partial charge on any atom is -0.365 e. The molecule has 0 radical (unpaired) electrons. The number of benzene rings is 1. The fourth-order valence-corrected chi connectivity index (χ4v) is 7.42. The lowest BCUT2D eigenvalue weighted by Crippen LogP contribution is -2.40. The van der Waals surface area contributed by atoms with Crippen molar-refractivity contribution < 1.29 is 4.52 Å². The quantitative estimate of drug-likeness (QED) is 0.252. The first-order chi connectivity index (χ1) is 20.5. The maximum atomic E-state index is 11.8. The third-order valence-electron chi connectivity index (χ3n) is 9.95. The normalized spacial score (nSPS) is 22.8. The highest BCUT2D eigenvalue weighted by molar-refractivity contribution is 5.87. The molecule has 1 saturated heterocycles. The van der Waals surface area contributed by atoms with Crippen molar-refractivity contribution in [3.8, 4) is 11.6 Å². The fourth-order valence-electron chi connectivity index (χ4n) is 7.42. The predicted octanol–water partition coefficient (Wildman–Crippen LogP) is 6.33. The van der Waals surface area contributed by atoms with Crippen LogP contribution in [0.25, 0.3) is 22.8 Å². The van der Waals surface area contributed by atoms with Gasteiger partial charge in [0.15, 0.2) is 11.5 Å². The topological polar surface area (TPSA) is 118 Å². The first-order valence-electron chi connectivity index (χ1n) is 16.0. The van der Waals surface area contributed by atoms with E-state index in [1.54, 1.807) is 0 Å². The molecular formula is C32H42N8O2. The Hall–Kier alpha value is -3.69. The summed E-state index contributed by atoms with van der Waals surface area (Å²) in [6.45, 7) is 6.45. The average molecular weight is 571 g/mol. The molecule has 4 heterocycles. The maximum absolute atomic E-state index is 11.8. The van der Waals surface area contributed by atoms with E-state index in [9.17, 15) is 4.79 Å². The zero-order chi connectivity index (χ0) is 28.6. The summed E-state index contributed by atoms with van der Waals surface area (Å²) in [4.78, 5) is 32.2. The first-order valence-corrected chi connectivity index (χ1v) is 16.0. The molecule has 1 aliphatic heterocycles. The van der Waals surface area contributed by atoms with E-state index in [1.165, 1.54) is 63.4 Å². The smallest absolute Gasteiger partial charge is 0.365 e. The van der Waals surface area contributed by atoms with Gasteiger partial charge in [0.2, 0.25) is 17.6 Å². The van der Waals surface area contributed by atoms with Crippen molar-refractivity contribution in [2.75, 3.05) is 16.8 Å². The molecule has 0 amide bonds. The molecule has 2 saturated carbocycles. The number of hydrogen-bond acceptors (Lipinski definition) is 8. The van der Waals surface area contributed by atoms with E-state index in [-0.39, 0.29) is 17.9 Å². The number of hydrogen-bond donors (Lipinski definition) is 2. The highest BCUT2D eigenvalue weighted by Crippen LogP contribution is 2.42. The Morgan fingerprint density at radius 2 is 1.81 bits per heavy atom. The molecule has 3 aliphatic rings. The van der Waals surface area contributed by atoms with Crippen LogP contribution in [0.4, 0.5) is 11.8 Å². The Kier molecular flexibility index (Phi) is 7.46. The number of imidazole rings is 1. The number of rotatable bonds is 8. The molecule has 42 heavy (non-hydrogen) atoms. The SMILES string of the molecule is CC1CCCN(c2nc3nc(-c4noc(=O)[nH]4)nc(NC(C)C4CCC4)c3n2CC2CCCCC2)C1c1ccccc1. The number of aromatic amines is 1. The van der Waals surface area contributed by atoms with Crippen LogP contribution < -0.4 is 16.0 Å². The summed E-state index contributed by atoms with van der Waals surface area (Å²) in [5.41, 5.74) is 2.90. The van der Waals surface area contributed by atoms with Crippen LogP contribution in [0.1, 0.15) is 89.7 Å². The zero-order valence-corrected chi connectivity index (χ0v) is 24.8. The van der Waals surface area contributed by atoms with Gasteiger partial charge in [0, 0.05) is 19.1 Å². The lowest BCUT2D eigenvalue weighted by atomic mass is 9.80. The largest absolute Gasteiger partial charge is 0.439 e. The van der Waals surface area contributed by atoms with Gasteiger partial charge < -0.3 is 14.8 Å². The van der Waals surface area contributed by atoms with Crippen molar-refractivity contribution in [2.24, 2.45) is 17.8 Å². The summed E-state index contributed by atoms with van der Waals surface area (Å²) < 4.78 is 7.24. The van der Waals surface area contributed by atoms with Crippen molar-refractivity contribution in [3.05, 3.63) is 46.4 Å². The van der Waals surface area contributed by atoms with E-state index in [4.69, 9.17) is 19.5 Å². The van der Waals surface area contributed by atoms with Crippen molar-refractivity contribution in [3.63, 3.8) is 0 Å². The second-order valence-electron chi connectivity index (χ2n) is 12.8. The molecular weight excluding hydrogens is 528 g/mol. The number of nitrogens with one attached hydrogen (secondary N) is 2. The van der Waals surface area contributed by atoms with Gasteiger partial charge in [0.05, 0.1) is 6.04 Å². The Morgan fingerprint density at radius 1 is 1.00 bits per heavy atom. The number of nitrogens with zero attached hydrogens (tertiary/aromatic N) is 6. The van der Waals surface area contributed by atoms with Gasteiger partial charge in [-0.05, 0) is 68.8 Å². The van der Waals surface area contributed by atoms with Gasteiger partial charge >= 0.3 is 5.76 Å². The van der Waals surface area contributed by atoms with Gasteiger partial charge in [-0.1, -0.05) is 68.1 Å². The van der Waals surface area contributed by atoms with Crippen LogP contribution in [0.5, 0.6) is 0 Å². The molecule has 0 spiro atoms. The van der Waals surface area contributed by atoms with Crippen molar-refractivity contribution in [1.82, 2.24) is 29.7 Å². The Morgan fingerprint density at radius 3 is 2.52 bits per heavy atom. The Bertz CT molecular complexity index is 1570. The highest BCUT2D eigenvalue weighted by atomic mass is 16.5. The van der Waals surface area contributed by atoms with Crippen molar-refractivity contribution in [2.45, 2.75) is 96.7 Å². The summed E-state index contributed by atoms with van der Waals surface area (Å²) in [5.74, 6) is 3.34. The first kappa shape index (κ1) is 27.2. The van der Waals surface area contributed by atoms with Crippen LogP contribution in [0.2, 0.25) is 0 Å². The summed E-state index contributed by atoms with van der Waals surface area (Å²) in [6, 6.07) is 11.4. The summed E-state index contributed by atoms with van der Waals surface area (Å²) >= 11 is 0. The molecule has 10 heteroatoms. The number of H-pyrrole nitrogens is 1. The van der Waals surface area contributed by atoms with Crippen LogP contribution >= 0.6 is 0 Å². The molecule has 4 aromatic rings. The van der Waals surface area contributed by atoms with Crippen molar-refractivity contribution in [1.29, 1.82) is 0 Å². The van der Waals surface area contributed by atoms with Crippen LogP contribution in [-0.2, 0) is 6.54 Å². The van der Waals surface area contributed by atoms with E-state index in [0.717, 1.165) is 36.8 Å². The lowest BCUT2D eigenvalue weighted by molar-refractivity contribution is 0.285. The van der Waals surface area contributed by atoms with E-state index < -0.39 is 5.76 Å². The zero-order valence-electron chi connectivity index (χ0n) is 24.8. The second-order valence-corrected chi connectivity index (χ2v) is 12.8. The number of fused-ring (bicyclic) bond motifs is 1. The maximum Gasteiger partial charge on any atom is 0.439 e. The summed E-state index contributed by atoms with van der Waals surface area (Å²) in [5, 5.41) is 7.68. The van der Waals surface area contributed by atoms with Gasteiger partial charge in [-0.2, -0.15) is 4.98 Å². The summed E-state index contributed by atoms with van der Waals surface area (Å²) in [6.07, 6.45) is 12.4. The highest BCUT2D eigenvalue weighted by Gasteiger charge is 2.35. The van der Waals surface area contributed by atoms with E-state index in [2.05, 4.69) is 69.1 Å². The van der Waals surface area contributed by atoms with Gasteiger partial charge in [0.25, 0.3) is 0 Å².